The number of aryl methyl sites for hydroxylation is 1. The van der Waals surface area contributed by atoms with Crippen molar-refractivity contribution in [2.75, 3.05) is 18.5 Å². The Morgan fingerprint density at radius 2 is 2.36 bits per heavy atom. The molecule has 9 heteroatoms. The minimum atomic E-state index is -0.742. The van der Waals surface area contributed by atoms with E-state index >= 15 is 0 Å². The fraction of sp³-hybridized carbons (Fsp3) is 0.308. The first-order chi connectivity index (χ1) is 10.5. The Kier molecular flexibility index (Phi) is 3.92. The van der Waals surface area contributed by atoms with Gasteiger partial charge in [-0.2, -0.15) is 0 Å². The molecule has 0 radical (unpaired) electrons. The first-order valence-electron chi connectivity index (χ1n) is 6.37. The lowest BCUT2D eigenvalue weighted by Gasteiger charge is -2.19. The number of ether oxygens (including phenoxy) is 1. The maximum absolute atomic E-state index is 12.2. The summed E-state index contributed by atoms with van der Waals surface area (Å²) in [5.41, 5.74) is 0.826. The number of rotatable bonds is 3. The molecule has 0 bridgehead atoms. The van der Waals surface area contributed by atoms with Gasteiger partial charge in [-0.1, -0.05) is 11.3 Å². The highest BCUT2D eigenvalue weighted by molar-refractivity contribution is 9.11. The fourth-order valence-corrected chi connectivity index (χ4v) is 3.29. The van der Waals surface area contributed by atoms with Crippen LogP contribution in [0.4, 0.5) is 9.93 Å². The molecule has 1 aliphatic heterocycles. The molecule has 1 atom stereocenters. The van der Waals surface area contributed by atoms with Crippen molar-refractivity contribution in [1.82, 2.24) is 9.88 Å². The van der Waals surface area contributed by atoms with Gasteiger partial charge in [0.15, 0.2) is 5.13 Å². The van der Waals surface area contributed by atoms with E-state index in [9.17, 15) is 9.59 Å². The van der Waals surface area contributed by atoms with Gasteiger partial charge in [0.2, 0.25) is 12.0 Å². The number of hydrogen-bond donors (Lipinski definition) is 0. The average Bonchev–Trinajstić information content (AvgIpc) is 3.13. The minimum Gasteiger partial charge on any atom is -0.457 e. The number of halogens is 1. The van der Waals surface area contributed by atoms with Gasteiger partial charge in [-0.15, -0.1) is 0 Å². The first kappa shape index (κ1) is 15.0. The van der Waals surface area contributed by atoms with E-state index in [0.717, 1.165) is 9.35 Å². The van der Waals surface area contributed by atoms with Crippen molar-refractivity contribution in [3.8, 4) is 0 Å². The van der Waals surface area contributed by atoms with E-state index in [-0.39, 0.29) is 18.3 Å². The standard InChI is InChI=1S/C13H12BrN3O4S/c1-7-3-8(20-6-7)11(18)21-10-5-16(2)13(19)17(10)12-15-4-9(14)22-12/h3-4,6,10H,5H2,1-2H3. The van der Waals surface area contributed by atoms with E-state index in [1.807, 2.05) is 6.92 Å². The lowest BCUT2D eigenvalue weighted by molar-refractivity contribution is 0.0295. The van der Waals surface area contributed by atoms with Crippen LogP contribution < -0.4 is 4.90 Å². The van der Waals surface area contributed by atoms with Crippen LogP contribution in [-0.4, -0.2) is 41.7 Å². The Labute approximate surface area is 138 Å². The maximum Gasteiger partial charge on any atom is 0.376 e. The number of carbonyl (C=O) groups excluding carboxylic acids is 2. The number of carbonyl (C=O) groups is 2. The van der Waals surface area contributed by atoms with E-state index < -0.39 is 12.2 Å². The predicted octanol–water partition coefficient (Wildman–Crippen LogP) is 2.86. The third-order valence-corrected chi connectivity index (χ3v) is 4.57. The third-order valence-electron chi connectivity index (χ3n) is 3.10. The van der Waals surface area contributed by atoms with Gasteiger partial charge < -0.3 is 14.1 Å². The summed E-state index contributed by atoms with van der Waals surface area (Å²) in [6.07, 6.45) is 2.33. The Morgan fingerprint density at radius 1 is 1.59 bits per heavy atom. The van der Waals surface area contributed by atoms with Crippen LogP contribution in [0.3, 0.4) is 0 Å². The van der Waals surface area contributed by atoms with Crippen molar-refractivity contribution in [3.05, 3.63) is 33.6 Å². The maximum atomic E-state index is 12.2. The summed E-state index contributed by atoms with van der Waals surface area (Å²) in [7, 11) is 1.64. The normalized spacial score (nSPS) is 18.1. The molecule has 22 heavy (non-hydrogen) atoms. The summed E-state index contributed by atoms with van der Waals surface area (Å²) >= 11 is 4.60. The smallest absolute Gasteiger partial charge is 0.376 e. The summed E-state index contributed by atoms with van der Waals surface area (Å²) in [6.45, 7) is 2.08. The Bertz CT molecular complexity index is 728. The minimum absolute atomic E-state index is 0.111. The highest BCUT2D eigenvalue weighted by Gasteiger charge is 2.41. The largest absolute Gasteiger partial charge is 0.457 e. The molecule has 1 fully saturated rings. The molecule has 7 nitrogen and oxygen atoms in total. The zero-order chi connectivity index (χ0) is 15.9. The number of likely N-dealkylation sites (N-methyl/N-ethyl adjacent to an activating group) is 1. The van der Waals surface area contributed by atoms with Gasteiger partial charge >= 0.3 is 12.0 Å². The molecule has 2 amide bonds. The molecule has 0 N–H and O–H groups in total. The molecule has 0 aliphatic carbocycles. The number of aromatic nitrogens is 1. The number of amides is 2. The van der Waals surface area contributed by atoms with Crippen LogP contribution in [-0.2, 0) is 4.74 Å². The first-order valence-corrected chi connectivity index (χ1v) is 7.98. The molecule has 1 saturated heterocycles. The highest BCUT2D eigenvalue weighted by atomic mass is 79.9. The van der Waals surface area contributed by atoms with Crippen molar-refractivity contribution < 1.29 is 18.7 Å². The lowest BCUT2D eigenvalue weighted by atomic mass is 10.3. The second kappa shape index (κ2) is 5.73. The average molecular weight is 386 g/mol. The number of esters is 1. The molecule has 0 aromatic carbocycles. The second-order valence-corrected chi connectivity index (χ2v) is 7.22. The molecular weight excluding hydrogens is 374 g/mol. The van der Waals surface area contributed by atoms with Gasteiger partial charge in [0, 0.05) is 7.05 Å². The van der Waals surface area contributed by atoms with E-state index in [2.05, 4.69) is 20.9 Å². The van der Waals surface area contributed by atoms with Gasteiger partial charge in [0.25, 0.3) is 0 Å². The van der Waals surface area contributed by atoms with E-state index in [1.165, 1.54) is 27.4 Å². The lowest BCUT2D eigenvalue weighted by Crippen LogP contribution is -2.37. The molecular formula is C13H12BrN3O4S. The molecule has 1 unspecified atom stereocenters. The molecule has 116 valence electrons. The third kappa shape index (κ3) is 2.73. The van der Waals surface area contributed by atoms with Crippen LogP contribution >= 0.6 is 27.3 Å². The van der Waals surface area contributed by atoms with E-state index in [4.69, 9.17) is 9.15 Å². The number of hydrogen-bond acceptors (Lipinski definition) is 6. The van der Waals surface area contributed by atoms with Crippen LogP contribution in [0.1, 0.15) is 16.1 Å². The van der Waals surface area contributed by atoms with Gasteiger partial charge in [0.1, 0.15) is 0 Å². The molecule has 0 saturated carbocycles. The van der Waals surface area contributed by atoms with Crippen molar-refractivity contribution >= 4 is 44.4 Å². The van der Waals surface area contributed by atoms with Crippen molar-refractivity contribution in [2.24, 2.45) is 0 Å². The zero-order valence-electron chi connectivity index (χ0n) is 11.8. The topological polar surface area (TPSA) is 75.9 Å². The van der Waals surface area contributed by atoms with Crippen molar-refractivity contribution in [1.29, 1.82) is 0 Å². The fourth-order valence-electron chi connectivity index (χ4n) is 2.07. The second-order valence-electron chi connectivity index (χ2n) is 4.83. The van der Waals surface area contributed by atoms with E-state index in [1.54, 1.807) is 19.3 Å². The highest BCUT2D eigenvalue weighted by Crippen LogP contribution is 2.31. The molecule has 2 aromatic heterocycles. The monoisotopic (exact) mass is 385 g/mol. The number of furan rings is 1. The summed E-state index contributed by atoms with van der Waals surface area (Å²) in [5, 5.41) is 0.467. The Balaban J connectivity index is 1.82. The van der Waals surface area contributed by atoms with Crippen molar-refractivity contribution in [3.63, 3.8) is 0 Å². The number of nitrogens with zero attached hydrogens (tertiary/aromatic N) is 3. The summed E-state index contributed by atoms with van der Waals surface area (Å²) < 4.78 is 11.3. The van der Waals surface area contributed by atoms with Crippen LogP contribution in [0.5, 0.6) is 0 Å². The van der Waals surface area contributed by atoms with Crippen LogP contribution in [0.25, 0.3) is 0 Å². The summed E-state index contributed by atoms with van der Waals surface area (Å²) in [5.74, 6) is -0.499. The van der Waals surface area contributed by atoms with Crippen molar-refractivity contribution in [2.45, 2.75) is 13.2 Å². The number of urea groups is 1. The molecule has 3 heterocycles. The van der Waals surface area contributed by atoms with E-state index in [0.29, 0.717) is 5.13 Å². The number of anilines is 1. The summed E-state index contributed by atoms with van der Waals surface area (Å²) in [6, 6.07) is 1.32. The van der Waals surface area contributed by atoms with Crippen LogP contribution in [0, 0.1) is 6.92 Å². The SMILES string of the molecule is Cc1coc(C(=O)OC2CN(C)C(=O)N2c2ncc(Br)s2)c1. The Morgan fingerprint density at radius 3 is 2.95 bits per heavy atom. The van der Waals surface area contributed by atoms with Crippen LogP contribution in [0.15, 0.2) is 26.7 Å². The zero-order valence-corrected chi connectivity index (χ0v) is 14.2. The van der Waals surface area contributed by atoms with Gasteiger partial charge in [0.05, 0.1) is 22.8 Å². The Hall–Kier alpha value is -1.87. The summed E-state index contributed by atoms with van der Waals surface area (Å²) in [4.78, 5) is 31.3. The number of thiazole rings is 1. The van der Waals surface area contributed by atoms with Gasteiger partial charge in [-0.05, 0) is 34.5 Å². The van der Waals surface area contributed by atoms with Crippen LogP contribution in [0.2, 0.25) is 0 Å². The predicted molar refractivity (Wildman–Crippen MR) is 83.0 cm³/mol. The molecule has 1 aliphatic rings. The van der Waals surface area contributed by atoms with Gasteiger partial charge in [-0.25, -0.2) is 19.5 Å². The quantitative estimate of drug-likeness (QED) is 0.759. The molecule has 2 aromatic rings. The van der Waals surface area contributed by atoms with Gasteiger partial charge in [-0.3, -0.25) is 0 Å². The molecule has 0 spiro atoms. The molecule has 3 rings (SSSR count).